The molecule has 2 rings (SSSR count). The van der Waals surface area contributed by atoms with E-state index in [1.807, 2.05) is 10.8 Å². The number of nitrogens with zero attached hydrogens (tertiary/aromatic N) is 2. The fourth-order valence-electron chi connectivity index (χ4n) is 1.86. The summed E-state index contributed by atoms with van der Waals surface area (Å²) in [6, 6.07) is 0. The number of aliphatic hydroxyl groups is 1. The molecule has 0 radical (unpaired) electrons. The first-order valence-electron chi connectivity index (χ1n) is 5.68. The monoisotopic (exact) mass is 226 g/mol. The molecule has 5 heteroatoms. The molecule has 1 saturated heterocycles. The third-order valence-corrected chi connectivity index (χ3v) is 2.80. The highest BCUT2D eigenvalue weighted by atomic mass is 16.6. The highest BCUT2D eigenvalue weighted by Gasteiger charge is 2.24. The van der Waals surface area contributed by atoms with Gasteiger partial charge in [0.1, 0.15) is 11.9 Å². The Balaban J connectivity index is 1.93. The maximum Gasteiger partial charge on any atom is 0.111 e. The van der Waals surface area contributed by atoms with Crippen LogP contribution in [0, 0.1) is 0 Å². The number of hydrogen-bond donors (Lipinski definition) is 1. The second-order valence-corrected chi connectivity index (χ2v) is 3.89. The molecule has 0 amide bonds. The summed E-state index contributed by atoms with van der Waals surface area (Å²) >= 11 is 0. The average Bonchev–Trinajstić information content (AvgIpc) is 2.77. The fourth-order valence-corrected chi connectivity index (χ4v) is 1.86. The molecular formula is C11H18N2O3. The van der Waals surface area contributed by atoms with Crippen LogP contribution in [0.2, 0.25) is 0 Å². The van der Waals surface area contributed by atoms with Gasteiger partial charge in [0.15, 0.2) is 0 Å². The van der Waals surface area contributed by atoms with Gasteiger partial charge in [0.25, 0.3) is 0 Å². The van der Waals surface area contributed by atoms with Crippen LogP contribution in [0.5, 0.6) is 0 Å². The van der Waals surface area contributed by atoms with Crippen LogP contribution in [0.4, 0.5) is 0 Å². The zero-order valence-corrected chi connectivity index (χ0v) is 9.50. The number of aliphatic hydroxyl groups excluding tert-OH is 1. The summed E-state index contributed by atoms with van der Waals surface area (Å²) in [4.78, 5) is 4.23. The van der Waals surface area contributed by atoms with Crippen molar-refractivity contribution in [3.05, 3.63) is 18.2 Å². The molecule has 2 heterocycles. The van der Waals surface area contributed by atoms with E-state index < -0.39 is 6.10 Å². The summed E-state index contributed by atoms with van der Waals surface area (Å²) in [7, 11) is 0. The molecule has 1 aliphatic rings. The van der Waals surface area contributed by atoms with Crippen molar-refractivity contribution in [1.82, 2.24) is 9.55 Å². The molecule has 0 spiro atoms. The Hall–Kier alpha value is -0.910. The van der Waals surface area contributed by atoms with E-state index in [0.717, 1.165) is 12.4 Å². The summed E-state index contributed by atoms with van der Waals surface area (Å²) in [6.45, 7) is 4.56. The Morgan fingerprint density at radius 1 is 1.62 bits per heavy atom. The SMILES string of the molecule is CCn1ccnc1CC(O)C1COCCO1. The van der Waals surface area contributed by atoms with E-state index in [2.05, 4.69) is 11.9 Å². The highest BCUT2D eigenvalue weighted by Crippen LogP contribution is 2.10. The predicted molar refractivity (Wildman–Crippen MR) is 58.2 cm³/mol. The second-order valence-electron chi connectivity index (χ2n) is 3.89. The van der Waals surface area contributed by atoms with E-state index in [0.29, 0.717) is 26.2 Å². The van der Waals surface area contributed by atoms with Gasteiger partial charge in [-0.2, -0.15) is 0 Å². The molecule has 90 valence electrons. The molecule has 5 nitrogen and oxygen atoms in total. The van der Waals surface area contributed by atoms with Crippen LogP contribution in [0.15, 0.2) is 12.4 Å². The predicted octanol–water partition coefficient (Wildman–Crippen LogP) is 0.222. The maximum atomic E-state index is 10.0. The van der Waals surface area contributed by atoms with E-state index in [1.54, 1.807) is 6.20 Å². The number of rotatable bonds is 4. The van der Waals surface area contributed by atoms with Crippen molar-refractivity contribution >= 4 is 0 Å². The smallest absolute Gasteiger partial charge is 0.111 e. The van der Waals surface area contributed by atoms with Gasteiger partial charge in [0.05, 0.1) is 25.9 Å². The zero-order chi connectivity index (χ0) is 11.4. The van der Waals surface area contributed by atoms with Crippen molar-refractivity contribution in [3.8, 4) is 0 Å². The lowest BCUT2D eigenvalue weighted by Crippen LogP contribution is -2.40. The largest absolute Gasteiger partial charge is 0.390 e. The molecule has 1 aliphatic heterocycles. The van der Waals surface area contributed by atoms with Crippen LogP contribution in [0.25, 0.3) is 0 Å². The summed E-state index contributed by atoms with van der Waals surface area (Å²) < 4.78 is 12.7. The lowest BCUT2D eigenvalue weighted by molar-refractivity contribution is -0.131. The average molecular weight is 226 g/mol. The van der Waals surface area contributed by atoms with Crippen LogP contribution >= 0.6 is 0 Å². The molecule has 16 heavy (non-hydrogen) atoms. The van der Waals surface area contributed by atoms with Crippen LogP contribution < -0.4 is 0 Å². The number of ether oxygens (including phenoxy) is 2. The third kappa shape index (κ3) is 2.61. The third-order valence-electron chi connectivity index (χ3n) is 2.80. The molecule has 0 bridgehead atoms. The highest BCUT2D eigenvalue weighted by molar-refractivity contribution is 4.95. The van der Waals surface area contributed by atoms with Gasteiger partial charge in [0.2, 0.25) is 0 Å². The molecule has 0 aliphatic carbocycles. The normalized spacial score (nSPS) is 23.2. The van der Waals surface area contributed by atoms with Crippen molar-refractivity contribution in [2.45, 2.75) is 32.1 Å². The van der Waals surface area contributed by atoms with Crippen LogP contribution in [-0.2, 0) is 22.4 Å². The molecule has 1 aromatic rings. The Bertz CT molecular complexity index is 321. The molecule has 0 aromatic carbocycles. The first-order valence-corrected chi connectivity index (χ1v) is 5.68. The summed E-state index contributed by atoms with van der Waals surface area (Å²) in [5, 5.41) is 10.0. The van der Waals surface area contributed by atoms with E-state index in [-0.39, 0.29) is 6.10 Å². The number of hydrogen-bond acceptors (Lipinski definition) is 4. The minimum atomic E-state index is -0.548. The Morgan fingerprint density at radius 3 is 3.19 bits per heavy atom. The van der Waals surface area contributed by atoms with Crippen LogP contribution in [-0.4, -0.2) is 46.7 Å². The number of aromatic nitrogens is 2. The van der Waals surface area contributed by atoms with Gasteiger partial charge in [0, 0.05) is 25.4 Å². The van der Waals surface area contributed by atoms with Crippen LogP contribution in [0.1, 0.15) is 12.7 Å². The van der Waals surface area contributed by atoms with Gasteiger partial charge in [-0.15, -0.1) is 0 Å². The zero-order valence-electron chi connectivity index (χ0n) is 9.50. The van der Waals surface area contributed by atoms with Crippen molar-refractivity contribution in [1.29, 1.82) is 0 Å². The van der Waals surface area contributed by atoms with Crippen molar-refractivity contribution in [2.24, 2.45) is 0 Å². The Morgan fingerprint density at radius 2 is 2.50 bits per heavy atom. The lowest BCUT2D eigenvalue weighted by Gasteiger charge is -2.27. The van der Waals surface area contributed by atoms with E-state index in [9.17, 15) is 5.11 Å². The first-order chi connectivity index (χ1) is 7.81. The summed E-state index contributed by atoms with van der Waals surface area (Å²) in [6.07, 6.45) is 3.41. The Kier molecular flexibility index (Phi) is 3.93. The minimum absolute atomic E-state index is 0.226. The van der Waals surface area contributed by atoms with E-state index in [1.165, 1.54) is 0 Å². The summed E-state index contributed by atoms with van der Waals surface area (Å²) in [5.41, 5.74) is 0. The standard InChI is InChI=1S/C11H18N2O3/c1-2-13-4-3-12-11(13)7-9(14)10-8-15-5-6-16-10/h3-4,9-10,14H,2,5-8H2,1H3. The molecule has 2 unspecified atom stereocenters. The van der Waals surface area contributed by atoms with Gasteiger partial charge < -0.3 is 19.1 Å². The maximum absolute atomic E-state index is 10.0. The van der Waals surface area contributed by atoms with Gasteiger partial charge in [-0.3, -0.25) is 0 Å². The van der Waals surface area contributed by atoms with E-state index >= 15 is 0 Å². The molecule has 1 fully saturated rings. The molecular weight excluding hydrogens is 208 g/mol. The minimum Gasteiger partial charge on any atom is -0.390 e. The lowest BCUT2D eigenvalue weighted by atomic mass is 10.1. The number of aryl methyl sites for hydroxylation is 1. The summed E-state index contributed by atoms with van der Waals surface area (Å²) in [5.74, 6) is 0.893. The van der Waals surface area contributed by atoms with Gasteiger partial charge in [-0.05, 0) is 6.92 Å². The molecule has 2 atom stereocenters. The van der Waals surface area contributed by atoms with Gasteiger partial charge in [-0.25, -0.2) is 4.98 Å². The Labute approximate surface area is 95.0 Å². The molecule has 0 saturated carbocycles. The van der Waals surface area contributed by atoms with Crippen molar-refractivity contribution in [3.63, 3.8) is 0 Å². The second kappa shape index (κ2) is 5.43. The van der Waals surface area contributed by atoms with Gasteiger partial charge >= 0.3 is 0 Å². The van der Waals surface area contributed by atoms with Gasteiger partial charge in [-0.1, -0.05) is 0 Å². The number of imidazole rings is 1. The molecule has 1 N–H and O–H groups in total. The van der Waals surface area contributed by atoms with Crippen LogP contribution in [0.3, 0.4) is 0 Å². The topological polar surface area (TPSA) is 56.5 Å². The van der Waals surface area contributed by atoms with Crippen molar-refractivity contribution in [2.75, 3.05) is 19.8 Å². The first kappa shape index (κ1) is 11.6. The van der Waals surface area contributed by atoms with Crippen molar-refractivity contribution < 1.29 is 14.6 Å². The quantitative estimate of drug-likeness (QED) is 0.798. The fraction of sp³-hybridized carbons (Fsp3) is 0.727. The molecule has 1 aromatic heterocycles. The van der Waals surface area contributed by atoms with E-state index in [4.69, 9.17) is 9.47 Å².